The minimum atomic E-state index is -0.721. The number of carbonyl (C=O) groups is 3. The predicted octanol–water partition coefficient (Wildman–Crippen LogP) is 2.81. The number of nitrogens with one attached hydrogen (secondary N) is 1. The lowest BCUT2D eigenvalue weighted by Crippen LogP contribution is -2.27. The van der Waals surface area contributed by atoms with Gasteiger partial charge >= 0.3 is 5.97 Å². The monoisotopic (exact) mass is 421 g/mol. The molecule has 3 rings (SSSR count). The molecule has 0 aliphatic heterocycles. The van der Waals surface area contributed by atoms with E-state index >= 15 is 0 Å². The van der Waals surface area contributed by atoms with Gasteiger partial charge in [-0.25, -0.2) is 4.98 Å². The van der Waals surface area contributed by atoms with Crippen LogP contribution in [0.25, 0.3) is 10.9 Å². The standard InChI is InChI=1S/C23H23N3O5/c1-23(2,3)22(30)25-16-10-8-15(9-11-16)19(27)13-31-20(28)12-26-14-24-18-7-5-4-6-17(18)21(26)29/h4-11,14H,12-13H2,1-3H3,(H,25,30). The number of esters is 1. The molecular weight excluding hydrogens is 398 g/mol. The lowest BCUT2D eigenvalue weighted by atomic mass is 9.95. The highest BCUT2D eigenvalue weighted by Gasteiger charge is 2.21. The van der Waals surface area contributed by atoms with Gasteiger partial charge in [0.2, 0.25) is 5.91 Å². The van der Waals surface area contributed by atoms with Crippen LogP contribution in [0.15, 0.2) is 59.7 Å². The molecule has 0 spiro atoms. The molecule has 0 saturated carbocycles. The van der Waals surface area contributed by atoms with E-state index < -0.39 is 23.8 Å². The normalized spacial score (nSPS) is 11.2. The number of aromatic nitrogens is 2. The van der Waals surface area contributed by atoms with E-state index in [-0.39, 0.29) is 18.0 Å². The number of rotatable bonds is 6. The number of carbonyl (C=O) groups excluding carboxylic acids is 3. The van der Waals surface area contributed by atoms with Gasteiger partial charge in [0.25, 0.3) is 5.56 Å². The first kappa shape index (κ1) is 21.9. The van der Waals surface area contributed by atoms with Gasteiger partial charge in [0.15, 0.2) is 12.4 Å². The molecule has 0 atom stereocenters. The number of anilines is 1. The molecule has 2 aromatic carbocycles. The molecule has 1 N–H and O–H groups in total. The van der Waals surface area contributed by atoms with Crippen molar-refractivity contribution in [2.75, 3.05) is 11.9 Å². The van der Waals surface area contributed by atoms with Crippen LogP contribution in [-0.4, -0.2) is 33.8 Å². The Kier molecular flexibility index (Phi) is 6.29. The molecule has 1 heterocycles. The Labute approximate surface area is 178 Å². The van der Waals surface area contributed by atoms with Crippen LogP contribution in [-0.2, 0) is 20.9 Å². The van der Waals surface area contributed by atoms with Crippen molar-refractivity contribution in [1.82, 2.24) is 9.55 Å². The van der Waals surface area contributed by atoms with Gasteiger partial charge in [-0.05, 0) is 36.4 Å². The topological polar surface area (TPSA) is 107 Å². The van der Waals surface area contributed by atoms with Crippen LogP contribution in [0.3, 0.4) is 0 Å². The fourth-order valence-electron chi connectivity index (χ4n) is 2.69. The van der Waals surface area contributed by atoms with E-state index in [1.54, 1.807) is 69.3 Å². The van der Waals surface area contributed by atoms with Crippen LogP contribution in [0, 0.1) is 5.41 Å². The van der Waals surface area contributed by atoms with Crippen molar-refractivity contribution in [3.05, 3.63) is 70.8 Å². The minimum Gasteiger partial charge on any atom is -0.456 e. The van der Waals surface area contributed by atoms with E-state index in [0.29, 0.717) is 22.2 Å². The molecule has 31 heavy (non-hydrogen) atoms. The number of Topliss-reactive ketones (excluding diaryl/α,β-unsaturated/α-hetero) is 1. The Hall–Kier alpha value is -3.81. The summed E-state index contributed by atoms with van der Waals surface area (Å²) in [6.07, 6.45) is 1.28. The van der Waals surface area contributed by atoms with Crippen molar-refractivity contribution in [3.63, 3.8) is 0 Å². The number of hydrogen-bond donors (Lipinski definition) is 1. The molecular formula is C23H23N3O5. The van der Waals surface area contributed by atoms with E-state index in [2.05, 4.69) is 10.3 Å². The Bertz CT molecular complexity index is 1190. The summed E-state index contributed by atoms with van der Waals surface area (Å²) in [6.45, 7) is 4.61. The third-order valence-electron chi connectivity index (χ3n) is 4.54. The average molecular weight is 421 g/mol. The van der Waals surface area contributed by atoms with Gasteiger partial charge in [-0.1, -0.05) is 32.9 Å². The molecule has 0 aliphatic rings. The van der Waals surface area contributed by atoms with Gasteiger partial charge in [0.05, 0.1) is 17.2 Å². The van der Waals surface area contributed by atoms with Crippen LogP contribution in [0.2, 0.25) is 0 Å². The SMILES string of the molecule is CC(C)(C)C(=O)Nc1ccc(C(=O)COC(=O)Cn2cnc3ccccc3c2=O)cc1. The molecule has 0 saturated heterocycles. The molecule has 8 nitrogen and oxygen atoms in total. The van der Waals surface area contributed by atoms with E-state index in [0.717, 1.165) is 4.57 Å². The molecule has 0 aliphatic carbocycles. The van der Waals surface area contributed by atoms with Crippen LogP contribution in [0.4, 0.5) is 5.69 Å². The molecule has 0 fully saturated rings. The minimum absolute atomic E-state index is 0.140. The first-order valence-corrected chi connectivity index (χ1v) is 9.69. The second kappa shape index (κ2) is 8.91. The average Bonchev–Trinajstić information content (AvgIpc) is 2.74. The third kappa shape index (κ3) is 5.42. The quantitative estimate of drug-likeness (QED) is 0.484. The Morgan fingerprint density at radius 1 is 1.03 bits per heavy atom. The maximum atomic E-state index is 12.4. The Morgan fingerprint density at radius 3 is 2.39 bits per heavy atom. The van der Waals surface area contributed by atoms with E-state index in [1.165, 1.54) is 6.33 Å². The number of hydrogen-bond acceptors (Lipinski definition) is 6. The molecule has 0 unspecified atom stereocenters. The van der Waals surface area contributed by atoms with E-state index in [9.17, 15) is 19.2 Å². The number of fused-ring (bicyclic) bond motifs is 1. The third-order valence-corrected chi connectivity index (χ3v) is 4.54. The van der Waals surface area contributed by atoms with Gasteiger partial charge < -0.3 is 10.1 Å². The Morgan fingerprint density at radius 2 is 1.71 bits per heavy atom. The van der Waals surface area contributed by atoms with Gasteiger partial charge in [-0.2, -0.15) is 0 Å². The van der Waals surface area contributed by atoms with Crippen LogP contribution in [0.5, 0.6) is 0 Å². The highest BCUT2D eigenvalue weighted by molar-refractivity contribution is 5.99. The van der Waals surface area contributed by atoms with E-state index in [4.69, 9.17) is 4.74 Å². The summed E-state index contributed by atoms with van der Waals surface area (Å²) < 4.78 is 6.16. The molecule has 1 amide bonds. The number of nitrogens with zero attached hydrogens (tertiary/aromatic N) is 2. The first-order valence-electron chi connectivity index (χ1n) is 9.69. The van der Waals surface area contributed by atoms with Gasteiger partial charge in [-0.15, -0.1) is 0 Å². The largest absolute Gasteiger partial charge is 0.456 e. The first-order chi connectivity index (χ1) is 14.6. The van der Waals surface area contributed by atoms with Crippen LogP contribution < -0.4 is 10.9 Å². The summed E-state index contributed by atoms with van der Waals surface area (Å²) in [4.78, 5) is 53.0. The van der Waals surface area contributed by atoms with Crippen molar-refractivity contribution < 1.29 is 19.1 Å². The summed E-state index contributed by atoms with van der Waals surface area (Å²) in [5, 5.41) is 3.17. The number of ketones is 1. The maximum absolute atomic E-state index is 12.4. The zero-order valence-corrected chi connectivity index (χ0v) is 17.5. The second-order valence-corrected chi connectivity index (χ2v) is 8.06. The van der Waals surface area contributed by atoms with Gasteiger partial charge in [-0.3, -0.25) is 23.7 Å². The number of ether oxygens (including phenoxy) is 1. The predicted molar refractivity (Wildman–Crippen MR) is 116 cm³/mol. The zero-order valence-electron chi connectivity index (χ0n) is 17.5. The van der Waals surface area contributed by atoms with Crippen molar-refractivity contribution in [2.45, 2.75) is 27.3 Å². The van der Waals surface area contributed by atoms with Crippen molar-refractivity contribution in [1.29, 1.82) is 0 Å². The van der Waals surface area contributed by atoms with Crippen molar-refractivity contribution >= 4 is 34.3 Å². The second-order valence-electron chi connectivity index (χ2n) is 8.06. The number of para-hydroxylation sites is 1. The lowest BCUT2D eigenvalue weighted by Gasteiger charge is -2.17. The molecule has 0 radical (unpaired) electrons. The van der Waals surface area contributed by atoms with Gasteiger partial charge in [0.1, 0.15) is 6.54 Å². The molecule has 3 aromatic rings. The van der Waals surface area contributed by atoms with Crippen molar-refractivity contribution in [3.8, 4) is 0 Å². The summed E-state index contributed by atoms with van der Waals surface area (Å²) in [6, 6.07) is 13.1. The zero-order chi connectivity index (χ0) is 22.6. The highest BCUT2D eigenvalue weighted by atomic mass is 16.5. The van der Waals surface area contributed by atoms with Crippen molar-refractivity contribution in [2.24, 2.45) is 5.41 Å². The molecule has 160 valence electrons. The number of amides is 1. The fraction of sp³-hybridized carbons (Fsp3) is 0.261. The number of benzene rings is 2. The lowest BCUT2D eigenvalue weighted by molar-refractivity contribution is -0.143. The molecule has 1 aromatic heterocycles. The fourth-order valence-corrected chi connectivity index (χ4v) is 2.69. The molecule has 0 bridgehead atoms. The Balaban J connectivity index is 1.57. The maximum Gasteiger partial charge on any atom is 0.326 e. The summed E-state index contributed by atoms with van der Waals surface area (Å²) in [5.74, 6) is -1.26. The summed E-state index contributed by atoms with van der Waals surface area (Å²) in [5.41, 5.74) is 0.546. The summed E-state index contributed by atoms with van der Waals surface area (Å²) >= 11 is 0. The van der Waals surface area contributed by atoms with Crippen LogP contribution in [0.1, 0.15) is 31.1 Å². The molecule has 8 heteroatoms. The highest BCUT2D eigenvalue weighted by Crippen LogP contribution is 2.18. The van der Waals surface area contributed by atoms with Gasteiger partial charge in [0, 0.05) is 16.7 Å². The van der Waals surface area contributed by atoms with Crippen LogP contribution >= 0.6 is 0 Å². The smallest absolute Gasteiger partial charge is 0.326 e. The van der Waals surface area contributed by atoms with E-state index in [1.807, 2.05) is 0 Å². The summed E-state index contributed by atoms with van der Waals surface area (Å²) in [7, 11) is 0.